The number of amides is 1. The van der Waals surface area contributed by atoms with E-state index in [-0.39, 0.29) is 11.7 Å². The SMILES string of the molecule is COc1cc(/C=C(\C#N)C(N)=O)ccc1O[C@@H](C)c1ccccc1. The number of nitriles is 1. The predicted molar refractivity (Wildman–Crippen MR) is 91.3 cm³/mol. The maximum absolute atomic E-state index is 11.1. The highest BCUT2D eigenvalue weighted by atomic mass is 16.5. The highest BCUT2D eigenvalue weighted by molar-refractivity contribution is 6.00. The molecule has 0 radical (unpaired) electrons. The van der Waals surface area contributed by atoms with Crippen molar-refractivity contribution >= 4 is 12.0 Å². The highest BCUT2D eigenvalue weighted by Crippen LogP contribution is 2.32. The molecule has 0 saturated heterocycles. The number of hydrogen-bond donors (Lipinski definition) is 1. The first-order chi connectivity index (χ1) is 11.5. The van der Waals surface area contributed by atoms with Gasteiger partial charge in [0, 0.05) is 0 Å². The Kier molecular flexibility index (Phi) is 5.58. The molecule has 2 aromatic carbocycles. The average Bonchev–Trinajstić information content (AvgIpc) is 2.61. The monoisotopic (exact) mass is 322 g/mol. The lowest BCUT2D eigenvalue weighted by Crippen LogP contribution is -2.12. The number of hydrogen-bond acceptors (Lipinski definition) is 4. The van der Waals surface area contributed by atoms with Crippen LogP contribution in [0.3, 0.4) is 0 Å². The lowest BCUT2D eigenvalue weighted by atomic mass is 10.1. The minimum absolute atomic E-state index is 0.122. The summed E-state index contributed by atoms with van der Waals surface area (Å²) in [6, 6.07) is 16.8. The zero-order valence-electron chi connectivity index (χ0n) is 13.5. The zero-order valence-corrected chi connectivity index (χ0v) is 13.5. The van der Waals surface area contributed by atoms with Crippen molar-refractivity contribution in [1.29, 1.82) is 5.26 Å². The number of nitrogens with zero attached hydrogens (tertiary/aromatic N) is 1. The number of carbonyl (C=O) groups is 1. The largest absolute Gasteiger partial charge is 0.493 e. The van der Waals surface area contributed by atoms with Crippen molar-refractivity contribution in [2.24, 2.45) is 5.73 Å². The summed E-state index contributed by atoms with van der Waals surface area (Å²) in [6.07, 6.45) is 1.26. The van der Waals surface area contributed by atoms with Gasteiger partial charge in [0.05, 0.1) is 7.11 Å². The van der Waals surface area contributed by atoms with E-state index in [2.05, 4.69) is 0 Å². The van der Waals surface area contributed by atoms with Crippen LogP contribution in [-0.4, -0.2) is 13.0 Å². The Hall–Kier alpha value is -3.26. The van der Waals surface area contributed by atoms with E-state index >= 15 is 0 Å². The van der Waals surface area contributed by atoms with E-state index in [4.69, 9.17) is 20.5 Å². The third kappa shape index (κ3) is 4.14. The quantitative estimate of drug-likeness (QED) is 0.653. The molecule has 2 N–H and O–H groups in total. The van der Waals surface area contributed by atoms with E-state index < -0.39 is 5.91 Å². The van der Waals surface area contributed by atoms with E-state index in [1.54, 1.807) is 24.3 Å². The van der Waals surface area contributed by atoms with Crippen LogP contribution in [0.15, 0.2) is 54.1 Å². The van der Waals surface area contributed by atoms with Gasteiger partial charge in [0.25, 0.3) is 5.91 Å². The summed E-state index contributed by atoms with van der Waals surface area (Å²) < 4.78 is 11.3. The van der Waals surface area contributed by atoms with Gasteiger partial charge in [-0.3, -0.25) is 4.79 Å². The summed E-state index contributed by atoms with van der Waals surface area (Å²) in [5, 5.41) is 8.91. The first-order valence-corrected chi connectivity index (χ1v) is 7.36. The van der Waals surface area contributed by atoms with Crippen molar-refractivity contribution in [3.05, 3.63) is 65.2 Å². The smallest absolute Gasteiger partial charge is 0.259 e. The van der Waals surface area contributed by atoms with Crippen molar-refractivity contribution in [1.82, 2.24) is 0 Å². The first kappa shape index (κ1) is 17.1. The van der Waals surface area contributed by atoms with E-state index in [1.807, 2.05) is 37.3 Å². The van der Waals surface area contributed by atoms with Crippen LogP contribution in [0.4, 0.5) is 0 Å². The second-order valence-corrected chi connectivity index (χ2v) is 5.12. The molecule has 2 aromatic rings. The number of benzene rings is 2. The molecule has 5 heteroatoms. The van der Waals surface area contributed by atoms with Crippen LogP contribution < -0.4 is 15.2 Å². The molecule has 0 aliphatic rings. The summed E-state index contributed by atoms with van der Waals surface area (Å²) in [5.41, 5.74) is 6.69. The third-order valence-corrected chi connectivity index (χ3v) is 3.46. The number of nitrogens with two attached hydrogens (primary N) is 1. The minimum atomic E-state index is -0.769. The topological polar surface area (TPSA) is 85.3 Å². The fourth-order valence-corrected chi connectivity index (χ4v) is 2.18. The van der Waals surface area contributed by atoms with Crippen molar-refractivity contribution < 1.29 is 14.3 Å². The van der Waals surface area contributed by atoms with E-state index in [0.717, 1.165) is 5.56 Å². The van der Waals surface area contributed by atoms with Crippen LogP contribution in [0.1, 0.15) is 24.2 Å². The van der Waals surface area contributed by atoms with Crippen molar-refractivity contribution in [2.45, 2.75) is 13.0 Å². The van der Waals surface area contributed by atoms with Gasteiger partial charge in [-0.15, -0.1) is 0 Å². The lowest BCUT2D eigenvalue weighted by molar-refractivity contribution is -0.114. The molecular formula is C19H18N2O3. The summed E-state index contributed by atoms with van der Waals surface area (Å²) in [4.78, 5) is 11.1. The molecule has 5 nitrogen and oxygen atoms in total. The van der Waals surface area contributed by atoms with Gasteiger partial charge in [0.2, 0.25) is 0 Å². The second-order valence-electron chi connectivity index (χ2n) is 5.12. The molecule has 0 unspecified atom stereocenters. The molecule has 0 fully saturated rings. The second kappa shape index (κ2) is 7.84. The Balaban J connectivity index is 2.27. The number of methoxy groups -OCH3 is 1. The van der Waals surface area contributed by atoms with Crippen LogP contribution >= 0.6 is 0 Å². The molecule has 0 bridgehead atoms. The number of ether oxygens (including phenoxy) is 2. The fraction of sp³-hybridized carbons (Fsp3) is 0.158. The predicted octanol–water partition coefficient (Wildman–Crippen LogP) is 3.23. The van der Waals surface area contributed by atoms with Crippen LogP contribution in [0, 0.1) is 11.3 Å². The molecule has 0 aliphatic heterocycles. The molecule has 1 amide bonds. The van der Waals surface area contributed by atoms with Gasteiger partial charge in [-0.2, -0.15) is 5.26 Å². The molecule has 1 atom stereocenters. The first-order valence-electron chi connectivity index (χ1n) is 7.36. The van der Waals surface area contributed by atoms with E-state index in [0.29, 0.717) is 17.1 Å². The molecule has 0 aromatic heterocycles. The Bertz CT molecular complexity index is 792. The van der Waals surface area contributed by atoms with Crippen molar-refractivity contribution in [3.63, 3.8) is 0 Å². The van der Waals surface area contributed by atoms with Crippen molar-refractivity contribution in [2.75, 3.05) is 7.11 Å². The van der Waals surface area contributed by atoms with Gasteiger partial charge in [-0.25, -0.2) is 0 Å². The summed E-state index contributed by atoms with van der Waals surface area (Å²) in [7, 11) is 1.53. The van der Waals surface area contributed by atoms with E-state index in [9.17, 15) is 4.79 Å². The molecule has 0 spiro atoms. The normalized spacial score (nSPS) is 12.1. The molecular weight excluding hydrogens is 304 g/mol. The van der Waals surface area contributed by atoms with Crippen molar-refractivity contribution in [3.8, 4) is 17.6 Å². The molecule has 122 valence electrons. The molecule has 0 saturated carbocycles. The summed E-state index contributed by atoms with van der Waals surface area (Å²) in [6.45, 7) is 1.95. The van der Waals surface area contributed by atoms with Gasteiger partial charge < -0.3 is 15.2 Å². The van der Waals surface area contributed by atoms with Crippen LogP contribution in [-0.2, 0) is 4.79 Å². The maximum Gasteiger partial charge on any atom is 0.259 e. The lowest BCUT2D eigenvalue weighted by Gasteiger charge is -2.17. The van der Waals surface area contributed by atoms with Crippen LogP contribution in [0.25, 0.3) is 6.08 Å². The number of primary amides is 1. The third-order valence-electron chi connectivity index (χ3n) is 3.46. The van der Waals surface area contributed by atoms with Gasteiger partial charge in [-0.05, 0) is 36.3 Å². The number of rotatable bonds is 6. The minimum Gasteiger partial charge on any atom is -0.493 e. The van der Waals surface area contributed by atoms with Gasteiger partial charge in [-0.1, -0.05) is 36.4 Å². The zero-order chi connectivity index (χ0) is 17.5. The molecule has 24 heavy (non-hydrogen) atoms. The number of carbonyl (C=O) groups excluding carboxylic acids is 1. The maximum atomic E-state index is 11.1. The Morgan fingerprint density at radius 1 is 1.21 bits per heavy atom. The molecule has 2 rings (SSSR count). The van der Waals surface area contributed by atoms with E-state index in [1.165, 1.54) is 13.2 Å². The van der Waals surface area contributed by atoms with Gasteiger partial charge >= 0.3 is 0 Å². The van der Waals surface area contributed by atoms with Crippen LogP contribution in [0.5, 0.6) is 11.5 Å². The molecule has 0 heterocycles. The summed E-state index contributed by atoms with van der Waals surface area (Å²) in [5.74, 6) is 0.311. The van der Waals surface area contributed by atoms with Crippen LogP contribution in [0.2, 0.25) is 0 Å². The Labute approximate surface area is 140 Å². The van der Waals surface area contributed by atoms with Gasteiger partial charge in [0.1, 0.15) is 17.7 Å². The standard InChI is InChI=1S/C19H18N2O3/c1-13(15-6-4-3-5-7-15)24-17-9-8-14(11-18(17)23-2)10-16(12-20)19(21)22/h3-11,13H,1-2H3,(H2,21,22)/b16-10+/t13-/m0/s1. The Morgan fingerprint density at radius 2 is 1.92 bits per heavy atom. The highest BCUT2D eigenvalue weighted by Gasteiger charge is 2.12. The van der Waals surface area contributed by atoms with Gasteiger partial charge in [0.15, 0.2) is 11.5 Å². The average molecular weight is 322 g/mol. The molecule has 0 aliphatic carbocycles. The fourth-order valence-electron chi connectivity index (χ4n) is 2.18. The summed E-state index contributed by atoms with van der Waals surface area (Å²) >= 11 is 0. The Morgan fingerprint density at radius 3 is 2.50 bits per heavy atom.